The van der Waals surface area contributed by atoms with Crippen molar-refractivity contribution in [3.63, 3.8) is 0 Å². The summed E-state index contributed by atoms with van der Waals surface area (Å²) in [6, 6.07) is 22.7. The van der Waals surface area contributed by atoms with Crippen LogP contribution in [0.3, 0.4) is 0 Å². The molecule has 2 aromatic carbocycles. The number of aliphatic hydroxyl groups excluding tert-OH is 1. The first-order valence-corrected chi connectivity index (χ1v) is 13.0. The normalized spacial score (nSPS) is 15.3. The molecule has 0 bridgehead atoms. The van der Waals surface area contributed by atoms with Crippen molar-refractivity contribution in [2.45, 2.75) is 18.1 Å². The third-order valence-corrected chi connectivity index (χ3v) is 7.58. The minimum atomic E-state index is -0.459. The van der Waals surface area contributed by atoms with Crippen LogP contribution in [-0.4, -0.2) is 58.0 Å². The Balaban J connectivity index is 1.64. The molecule has 1 unspecified atom stereocenters. The van der Waals surface area contributed by atoms with Gasteiger partial charge in [0.05, 0.1) is 17.4 Å². The third kappa shape index (κ3) is 5.73. The maximum Gasteiger partial charge on any atom is 0.115 e. The molecule has 0 saturated carbocycles. The van der Waals surface area contributed by atoms with Crippen LogP contribution in [0.15, 0.2) is 65.7 Å². The van der Waals surface area contributed by atoms with Crippen LogP contribution in [0.1, 0.15) is 11.1 Å². The van der Waals surface area contributed by atoms with E-state index in [1.807, 2.05) is 48.2 Å². The van der Waals surface area contributed by atoms with Gasteiger partial charge in [-0.25, -0.2) is 4.98 Å². The van der Waals surface area contributed by atoms with Crippen LogP contribution in [0.25, 0.3) is 22.4 Å². The molecule has 164 valence electrons. The van der Waals surface area contributed by atoms with E-state index < -0.39 is 6.10 Å². The zero-order valence-corrected chi connectivity index (χ0v) is 19.8. The molecule has 0 aliphatic carbocycles. The summed E-state index contributed by atoms with van der Waals surface area (Å²) in [5, 5.41) is 21.4. The molecular weight excluding hydrogens is 434 g/mol. The number of benzene rings is 2. The highest BCUT2D eigenvalue weighted by molar-refractivity contribution is 7.99. The molecule has 2 heterocycles. The summed E-state index contributed by atoms with van der Waals surface area (Å²) < 4.78 is 0. The Morgan fingerprint density at radius 2 is 1.81 bits per heavy atom. The number of thioether (sulfide) groups is 2. The summed E-state index contributed by atoms with van der Waals surface area (Å²) in [5.41, 5.74) is 5.48. The SMILES string of the molecule is Cc1ccc(-c2cc(-c3ccccc3)nc(SCC(O)CN3CCSCC3)c2C#N)cc1. The Labute approximate surface area is 198 Å². The number of hydrogen-bond donors (Lipinski definition) is 1. The van der Waals surface area contributed by atoms with Crippen molar-refractivity contribution >= 4 is 23.5 Å². The molecule has 0 spiro atoms. The van der Waals surface area contributed by atoms with E-state index >= 15 is 0 Å². The maximum absolute atomic E-state index is 10.6. The summed E-state index contributed by atoms with van der Waals surface area (Å²) in [6.07, 6.45) is -0.459. The fourth-order valence-corrected chi connectivity index (χ4v) is 5.66. The lowest BCUT2D eigenvalue weighted by atomic mass is 9.98. The van der Waals surface area contributed by atoms with Gasteiger partial charge in [-0.1, -0.05) is 60.2 Å². The molecule has 1 atom stereocenters. The van der Waals surface area contributed by atoms with Gasteiger partial charge in [-0.05, 0) is 18.6 Å². The van der Waals surface area contributed by atoms with Crippen LogP contribution in [-0.2, 0) is 0 Å². The Hall–Kier alpha value is -2.30. The maximum atomic E-state index is 10.6. The van der Waals surface area contributed by atoms with Gasteiger partial charge in [0.25, 0.3) is 0 Å². The fraction of sp³-hybridized carbons (Fsp3) is 0.308. The van der Waals surface area contributed by atoms with Crippen molar-refractivity contribution in [2.24, 2.45) is 0 Å². The van der Waals surface area contributed by atoms with E-state index in [0.717, 1.165) is 47.0 Å². The average molecular weight is 462 g/mol. The second-order valence-electron chi connectivity index (χ2n) is 7.96. The summed E-state index contributed by atoms with van der Waals surface area (Å²) >= 11 is 3.44. The first kappa shape index (κ1) is 22.9. The zero-order valence-electron chi connectivity index (χ0n) is 18.2. The molecule has 0 amide bonds. The summed E-state index contributed by atoms with van der Waals surface area (Å²) in [5.74, 6) is 2.76. The fourth-order valence-electron chi connectivity index (χ4n) is 3.76. The van der Waals surface area contributed by atoms with E-state index in [1.54, 1.807) is 0 Å². The first-order chi connectivity index (χ1) is 15.6. The second kappa shape index (κ2) is 11.0. The van der Waals surface area contributed by atoms with E-state index in [2.05, 4.69) is 42.2 Å². The third-order valence-electron chi connectivity index (χ3n) is 5.52. The van der Waals surface area contributed by atoms with Crippen LogP contribution < -0.4 is 0 Å². The average Bonchev–Trinajstić information content (AvgIpc) is 2.84. The molecule has 1 N–H and O–H groups in total. The lowest BCUT2D eigenvalue weighted by Crippen LogP contribution is -2.39. The van der Waals surface area contributed by atoms with Gasteiger partial charge < -0.3 is 5.11 Å². The Kier molecular flexibility index (Phi) is 7.88. The largest absolute Gasteiger partial charge is 0.391 e. The molecule has 1 fully saturated rings. The van der Waals surface area contributed by atoms with Crippen molar-refractivity contribution < 1.29 is 5.11 Å². The molecule has 0 radical (unpaired) electrons. The minimum Gasteiger partial charge on any atom is -0.391 e. The Bertz CT molecular complexity index is 1070. The Morgan fingerprint density at radius 1 is 1.09 bits per heavy atom. The molecule has 32 heavy (non-hydrogen) atoms. The van der Waals surface area contributed by atoms with Crippen molar-refractivity contribution in [1.29, 1.82) is 5.26 Å². The smallest absolute Gasteiger partial charge is 0.115 e. The van der Waals surface area contributed by atoms with Crippen LogP contribution in [0, 0.1) is 18.3 Å². The van der Waals surface area contributed by atoms with Gasteiger partial charge in [0.1, 0.15) is 11.1 Å². The van der Waals surface area contributed by atoms with E-state index in [1.165, 1.54) is 17.3 Å². The number of rotatable bonds is 7. The molecule has 4 nitrogen and oxygen atoms in total. The number of aromatic nitrogens is 1. The van der Waals surface area contributed by atoms with Gasteiger partial charge in [0, 0.05) is 48.0 Å². The van der Waals surface area contributed by atoms with Crippen molar-refractivity contribution in [3.8, 4) is 28.5 Å². The lowest BCUT2D eigenvalue weighted by Gasteiger charge is -2.28. The van der Waals surface area contributed by atoms with Crippen molar-refractivity contribution in [2.75, 3.05) is 36.9 Å². The minimum absolute atomic E-state index is 0.459. The number of aryl methyl sites for hydroxylation is 1. The number of β-amino-alcohol motifs (C(OH)–C–C–N with tert-alkyl or cyclic N) is 1. The first-order valence-electron chi connectivity index (χ1n) is 10.8. The molecular formula is C26H27N3OS2. The van der Waals surface area contributed by atoms with Crippen LogP contribution in [0.4, 0.5) is 0 Å². The number of nitriles is 1. The number of pyridine rings is 1. The van der Waals surface area contributed by atoms with Gasteiger partial charge in [0.15, 0.2) is 0 Å². The van der Waals surface area contributed by atoms with Crippen molar-refractivity contribution in [3.05, 3.63) is 71.8 Å². The Morgan fingerprint density at radius 3 is 2.50 bits per heavy atom. The lowest BCUT2D eigenvalue weighted by molar-refractivity contribution is 0.136. The summed E-state index contributed by atoms with van der Waals surface area (Å²) in [4.78, 5) is 7.17. The summed E-state index contributed by atoms with van der Waals surface area (Å²) in [7, 11) is 0. The topological polar surface area (TPSA) is 60.2 Å². The van der Waals surface area contributed by atoms with Crippen LogP contribution in [0.5, 0.6) is 0 Å². The number of nitrogens with zero attached hydrogens (tertiary/aromatic N) is 3. The van der Waals surface area contributed by atoms with Gasteiger partial charge in [-0.15, -0.1) is 11.8 Å². The standard InChI is InChI=1S/C26H27N3OS2/c1-19-7-9-20(10-8-19)23-15-25(21-5-3-2-4-6-21)28-26(24(23)16-27)32-18-22(30)17-29-11-13-31-14-12-29/h2-10,15,22,30H,11-14,17-18H2,1H3. The van der Waals surface area contributed by atoms with Gasteiger partial charge in [0.2, 0.25) is 0 Å². The van der Waals surface area contributed by atoms with Gasteiger partial charge in [-0.2, -0.15) is 17.0 Å². The van der Waals surface area contributed by atoms with Gasteiger partial charge >= 0.3 is 0 Å². The van der Waals surface area contributed by atoms with Crippen molar-refractivity contribution in [1.82, 2.24) is 9.88 Å². The monoisotopic (exact) mass is 461 g/mol. The quantitative estimate of drug-likeness (QED) is 0.494. The molecule has 1 aliphatic rings. The van der Waals surface area contributed by atoms with E-state index in [4.69, 9.17) is 4.98 Å². The molecule has 4 rings (SSSR count). The predicted molar refractivity (Wildman–Crippen MR) is 135 cm³/mol. The van der Waals surface area contributed by atoms with Gasteiger partial charge in [-0.3, -0.25) is 4.90 Å². The van der Waals surface area contributed by atoms with E-state index in [0.29, 0.717) is 22.9 Å². The van der Waals surface area contributed by atoms with Crippen LogP contribution in [0.2, 0.25) is 0 Å². The molecule has 1 aromatic heterocycles. The van der Waals surface area contributed by atoms with Crippen LogP contribution >= 0.6 is 23.5 Å². The number of aliphatic hydroxyl groups is 1. The summed E-state index contributed by atoms with van der Waals surface area (Å²) in [6.45, 7) is 4.77. The van der Waals surface area contributed by atoms with E-state index in [-0.39, 0.29) is 0 Å². The molecule has 1 saturated heterocycles. The molecule has 6 heteroatoms. The highest BCUT2D eigenvalue weighted by atomic mass is 32.2. The zero-order chi connectivity index (χ0) is 22.3. The molecule has 3 aromatic rings. The van der Waals surface area contributed by atoms with E-state index in [9.17, 15) is 10.4 Å². The highest BCUT2D eigenvalue weighted by Gasteiger charge is 2.19. The highest BCUT2D eigenvalue weighted by Crippen LogP contribution is 2.34. The molecule has 1 aliphatic heterocycles. The second-order valence-corrected chi connectivity index (χ2v) is 10.2. The number of hydrogen-bond acceptors (Lipinski definition) is 6. The predicted octanol–water partition coefficient (Wildman–Crippen LogP) is 5.10.